The molecule has 0 aliphatic carbocycles. The largest absolute Gasteiger partial charge is 0.479 e. The first-order chi connectivity index (χ1) is 39.6. The highest BCUT2D eigenvalue weighted by Crippen LogP contribution is 2.27. The second-order valence-electron chi connectivity index (χ2n) is 22.4. The first kappa shape index (κ1) is 75.2. The molecule has 1 aliphatic rings. The molecule has 1 aliphatic heterocycles. The lowest BCUT2D eigenvalue weighted by Crippen LogP contribution is -2.61. The molecule has 1 heterocycles. The van der Waals surface area contributed by atoms with Crippen molar-refractivity contribution in [2.24, 2.45) is 0 Å². The number of carboxylic acids is 1. The van der Waals surface area contributed by atoms with E-state index in [9.17, 15) is 34.5 Å². The second kappa shape index (κ2) is 56.6. The molecule has 0 aromatic rings. The van der Waals surface area contributed by atoms with E-state index in [1.165, 1.54) is 135 Å². The van der Waals surface area contributed by atoms with Crippen LogP contribution in [0, 0.1) is 0 Å². The average molecular weight is 1140 g/mol. The van der Waals surface area contributed by atoms with Gasteiger partial charge in [-0.05, 0) is 109 Å². The molecule has 0 amide bonds. The van der Waals surface area contributed by atoms with Crippen molar-refractivity contribution >= 4 is 23.9 Å². The Labute approximate surface area is 493 Å². The number of hydrogen-bond acceptors (Lipinski definition) is 11. The summed E-state index contributed by atoms with van der Waals surface area (Å²) in [5.74, 6) is -3.17. The van der Waals surface area contributed by atoms with E-state index in [1.807, 2.05) is 0 Å². The summed E-state index contributed by atoms with van der Waals surface area (Å²) in [5, 5.41) is 31.6. The maximum absolute atomic E-state index is 13.2. The molecule has 3 N–H and O–H groups in total. The van der Waals surface area contributed by atoms with Gasteiger partial charge >= 0.3 is 23.9 Å². The van der Waals surface area contributed by atoms with E-state index in [4.69, 9.17) is 23.7 Å². The van der Waals surface area contributed by atoms with Gasteiger partial charge in [-0.2, -0.15) is 0 Å². The quantitative estimate of drug-likeness (QED) is 0.0228. The number of carbonyl (C=O) groups excluding carboxylic acids is 3. The first-order valence-electron chi connectivity index (χ1n) is 32.9. The van der Waals surface area contributed by atoms with Crippen molar-refractivity contribution in [1.29, 1.82) is 0 Å². The molecule has 6 atom stereocenters. The van der Waals surface area contributed by atoms with Crippen LogP contribution in [0.1, 0.15) is 290 Å². The highest BCUT2D eigenvalue weighted by atomic mass is 16.7. The zero-order valence-corrected chi connectivity index (χ0v) is 51.5. The van der Waals surface area contributed by atoms with Crippen molar-refractivity contribution in [3.63, 3.8) is 0 Å². The fourth-order valence-corrected chi connectivity index (χ4v) is 9.70. The van der Waals surface area contributed by atoms with Crippen molar-refractivity contribution in [2.75, 3.05) is 13.2 Å². The van der Waals surface area contributed by atoms with E-state index in [1.54, 1.807) is 0 Å². The Bertz CT molecular complexity index is 1680. The average Bonchev–Trinajstić information content (AvgIpc) is 3.52. The van der Waals surface area contributed by atoms with Crippen molar-refractivity contribution in [1.82, 2.24) is 0 Å². The van der Waals surface area contributed by atoms with E-state index in [-0.39, 0.29) is 25.9 Å². The lowest BCUT2D eigenvalue weighted by Gasteiger charge is -2.40. The fourth-order valence-electron chi connectivity index (χ4n) is 9.70. The molecule has 6 unspecified atom stereocenters. The van der Waals surface area contributed by atoms with Crippen LogP contribution in [0.5, 0.6) is 0 Å². The molecule has 12 heteroatoms. The summed E-state index contributed by atoms with van der Waals surface area (Å²) in [6.07, 6.45) is 60.1. The number of rotatable bonds is 56. The van der Waals surface area contributed by atoms with Gasteiger partial charge in [0.25, 0.3) is 0 Å². The first-order valence-corrected chi connectivity index (χ1v) is 32.9. The number of aliphatic hydroxyl groups excluding tert-OH is 2. The Morgan fingerprint density at radius 1 is 0.420 bits per heavy atom. The van der Waals surface area contributed by atoms with Crippen molar-refractivity contribution in [3.05, 3.63) is 72.9 Å². The fraction of sp³-hybridized carbons (Fsp3) is 0.768. The third-order valence-electron chi connectivity index (χ3n) is 14.7. The Morgan fingerprint density at radius 3 is 1.22 bits per heavy atom. The molecule has 0 aromatic heterocycles. The number of hydrogen-bond donors (Lipinski definition) is 3. The predicted octanol–water partition coefficient (Wildman–Crippen LogP) is 17.7. The highest BCUT2D eigenvalue weighted by molar-refractivity contribution is 5.74. The number of carbonyl (C=O) groups is 4. The molecule has 0 radical (unpaired) electrons. The van der Waals surface area contributed by atoms with Crippen molar-refractivity contribution < 1.29 is 58.2 Å². The van der Waals surface area contributed by atoms with E-state index < -0.39 is 67.3 Å². The summed E-state index contributed by atoms with van der Waals surface area (Å²) in [4.78, 5) is 51.3. The van der Waals surface area contributed by atoms with Gasteiger partial charge in [-0.3, -0.25) is 14.4 Å². The summed E-state index contributed by atoms with van der Waals surface area (Å²) in [7, 11) is 0. The molecular formula is C69H118O12. The number of allylic oxidation sites excluding steroid dienone is 12. The van der Waals surface area contributed by atoms with Gasteiger partial charge in [-0.25, -0.2) is 4.79 Å². The molecule has 0 aromatic carbocycles. The smallest absolute Gasteiger partial charge is 0.335 e. The van der Waals surface area contributed by atoms with Crippen molar-refractivity contribution in [3.8, 4) is 0 Å². The van der Waals surface area contributed by atoms with E-state index >= 15 is 0 Å². The molecule has 1 rings (SSSR count). The Hall–Kier alpha value is -3.84. The maximum Gasteiger partial charge on any atom is 0.335 e. The van der Waals surface area contributed by atoms with Crippen LogP contribution >= 0.6 is 0 Å². The van der Waals surface area contributed by atoms with Gasteiger partial charge in [-0.15, -0.1) is 0 Å². The molecule has 0 bridgehead atoms. The standard InChI is InChI=1S/C69H118O12/c1-4-7-10-13-16-19-22-25-28-30-31-33-36-39-42-45-48-51-54-57-63(72)80-67-65(74)64(73)66(68(75)76)81-69(67)78-59-60(79-62(71)56-53-50-47-44-41-38-34-27-24-21-18-15-12-9-6-3)58-77-61(70)55-52-49-46-43-40-37-35-32-29-26-23-20-17-14-11-8-5-2/h9,12,18,21,25-29,34,41,44,60,64-67,69,73-74H,4-8,10-11,13-17,19-20,22-24,30-33,35-40,42-43,45-59H2,1-3H3,(H,75,76)/b12-9-,21-18-,28-25-,29-26-,34-27-,44-41-. The molecule has 1 saturated heterocycles. The lowest BCUT2D eigenvalue weighted by atomic mass is 9.98. The molecule has 12 nitrogen and oxygen atoms in total. The molecule has 0 spiro atoms. The molecule has 1 fully saturated rings. The van der Waals surface area contributed by atoms with Gasteiger partial charge in [0, 0.05) is 19.3 Å². The monoisotopic (exact) mass is 1140 g/mol. The van der Waals surface area contributed by atoms with E-state index in [0.29, 0.717) is 19.3 Å². The third kappa shape index (κ3) is 46.3. The summed E-state index contributed by atoms with van der Waals surface area (Å²) in [5.41, 5.74) is 0. The van der Waals surface area contributed by atoms with Gasteiger partial charge in [0.15, 0.2) is 24.6 Å². The topological polar surface area (TPSA) is 175 Å². The van der Waals surface area contributed by atoms with Crippen LogP contribution in [0.2, 0.25) is 0 Å². The summed E-state index contributed by atoms with van der Waals surface area (Å²) >= 11 is 0. The molecule has 0 saturated carbocycles. The van der Waals surface area contributed by atoms with Gasteiger partial charge in [0.1, 0.15) is 18.8 Å². The lowest BCUT2D eigenvalue weighted by molar-refractivity contribution is -0.301. The molecular weight excluding hydrogens is 1020 g/mol. The van der Waals surface area contributed by atoms with Crippen molar-refractivity contribution in [2.45, 2.75) is 327 Å². The minimum Gasteiger partial charge on any atom is -0.479 e. The summed E-state index contributed by atoms with van der Waals surface area (Å²) in [6, 6.07) is 0. The number of ether oxygens (including phenoxy) is 5. The van der Waals surface area contributed by atoms with E-state index in [0.717, 1.165) is 96.3 Å². The minimum absolute atomic E-state index is 0.0521. The Kier molecular flexibility index (Phi) is 52.6. The van der Waals surface area contributed by atoms with Crippen LogP contribution in [0.4, 0.5) is 0 Å². The van der Waals surface area contributed by atoms with Gasteiger partial charge in [0.2, 0.25) is 0 Å². The predicted molar refractivity (Wildman–Crippen MR) is 331 cm³/mol. The number of carboxylic acid groups (broad SMARTS) is 1. The van der Waals surface area contributed by atoms with Gasteiger partial charge in [-0.1, -0.05) is 235 Å². The van der Waals surface area contributed by atoms with Crippen LogP contribution in [0.15, 0.2) is 72.9 Å². The van der Waals surface area contributed by atoms with Crippen LogP contribution < -0.4 is 0 Å². The van der Waals surface area contributed by atoms with Crippen LogP contribution in [0.25, 0.3) is 0 Å². The SMILES string of the molecule is CC/C=C\C/C=C\C/C=C\C/C=C\CCCCC(=O)OC(COC(=O)CCCCCCCCC/C=C\CCCCCCCC)COC1OC(C(=O)O)C(O)C(O)C1OC(=O)CCCCCCCCCCC/C=C\CCCCCCCC. The Morgan fingerprint density at radius 2 is 0.778 bits per heavy atom. The van der Waals surface area contributed by atoms with E-state index in [2.05, 4.69) is 93.7 Å². The maximum atomic E-state index is 13.2. The van der Waals surface area contributed by atoms with Crippen LogP contribution in [-0.4, -0.2) is 89.2 Å². The number of unbranched alkanes of at least 4 members (excludes halogenated alkanes) is 30. The number of esters is 3. The van der Waals surface area contributed by atoms with Gasteiger partial charge < -0.3 is 39.0 Å². The van der Waals surface area contributed by atoms with Crippen LogP contribution in [-0.2, 0) is 42.9 Å². The highest BCUT2D eigenvalue weighted by Gasteiger charge is 2.50. The number of aliphatic hydroxyl groups is 2. The molecule has 81 heavy (non-hydrogen) atoms. The third-order valence-corrected chi connectivity index (χ3v) is 14.7. The minimum atomic E-state index is -1.91. The Balaban J connectivity index is 2.67. The second-order valence-corrected chi connectivity index (χ2v) is 22.4. The molecule has 466 valence electrons. The number of aliphatic carboxylic acids is 1. The normalized spacial score (nSPS) is 18.2. The van der Waals surface area contributed by atoms with Gasteiger partial charge in [0.05, 0.1) is 6.61 Å². The zero-order chi connectivity index (χ0) is 58.9. The zero-order valence-electron chi connectivity index (χ0n) is 51.5. The summed E-state index contributed by atoms with van der Waals surface area (Å²) < 4.78 is 28.5. The summed E-state index contributed by atoms with van der Waals surface area (Å²) in [6.45, 7) is 5.87. The van der Waals surface area contributed by atoms with Crippen LogP contribution in [0.3, 0.4) is 0 Å².